The maximum atomic E-state index is 14.2. The molecule has 0 bridgehead atoms. The molecule has 0 saturated heterocycles. The fourth-order valence-corrected chi connectivity index (χ4v) is 4.87. The Bertz CT molecular complexity index is 1110. The van der Waals surface area contributed by atoms with Gasteiger partial charge >= 0.3 is 15.6 Å². The van der Waals surface area contributed by atoms with Gasteiger partial charge in [0, 0.05) is 0 Å². The van der Waals surface area contributed by atoms with Crippen LogP contribution in [-0.4, -0.2) is 14.7 Å². The maximum Gasteiger partial charge on any atom is 0.647 e. The zero-order valence-electron chi connectivity index (χ0n) is 21.9. The second-order valence-electron chi connectivity index (χ2n) is 9.31. The van der Waals surface area contributed by atoms with Crippen LogP contribution in [0.1, 0.15) is 76.0 Å². The first-order valence-electron chi connectivity index (χ1n) is 11.9. The second kappa shape index (κ2) is 13.3. The van der Waals surface area contributed by atoms with E-state index in [0.29, 0.717) is 17.2 Å². The summed E-state index contributed by atoms with van der Waals surface area (Å²) in [6.45, 7) is 12.4. The molecule has 0 spiro atoms. The van der Waals surface area contributed by atoms with E-state index in [0.717, 1.165) is 16.7 Å². The molecule has 0 heterocycles. The maximum absolute atomic E-state index is 14.2. The fourth-order valence-electron chi connectivity index (χ4n) is 3.54. The van der Waals surface area contributed by atoms with Gasteiger partial charge in [-0.2, -0.15) is 4.57 Å². The van der Waals surface area contributed by atoms with Crippen molar-refractivity contribution in [2.75, 3.05) is 0 Å². The minimum atomic E-state index is -4.64. The highest BCUT2D eigenvalue weighted by Crippen LogP contribution is 2.53. The zero-order chi connectivity index (χ0) is 27.8. The normalized spacial score (nSPS) is 11.8. The van der Waals surface area contributed by atoms with Gasteiger partial charge in [-0.25, -0.2) is 4.57 Å². The van der Waals surface area contributed by atoms with Crippen LogP contribution in [-0.2, 0) is 9.13 Å². The van der Waals surface area contributed by atoms with Gasteiger partial charge in [0.15, 0.2) is 0 Å². The summed E-state index contributed by atoms with van der Waals surface area (Å²) in [5, 5.41) is 0. The first kappa shape index (κ1) is 30.6. The summed E-state index contributed by atoms with van der Waals surface area (Å²) in [5.74, 6) is 2.04. The van der Waals surface area contributed by atoms with Crippen molar-refractivity contribution >= 4 is 15.6 Å². The molecule has 0 atom stereocenters. The molecule has 0 aliphatic rings. The van der Waals surface area contributed by atoms with Crippen molar-refractivity contribution in [3.8, 4) is 17.2 Å². The highest BCUT2D eigenvalue weighted by molar-refractivity contribution is 7.49. The van der Waals surface area contributed by atoms with Gasteiger partial charge in [-0.3, -0.25) is 0 Å². The van der Waals surface area contributed by atoms with Gasteiger partial charge in [-0.1, -0.05) is 96.1 Å². The summed E-state index contributed by atoms with van der Waals surface area (Å²) in [6, 6.07) is 22.7. The van der Waals surface area contributed by atoms with Gasteiger partial charge in [-0.15, -0.1) is 0 Å². The Morgan fingerprint density at radius 2 is 0.730 bits per heavy atom. The summed E-state index contributed by atoms with van der Waals surface area (Å²) >= 11 is 0. The third-order valence-corrected chi connectivity index (χ3v) is 6.51. The van der Waals surface area contributed by atoms with Gasteiger partial charge < -0.3 is 28.3 Å². The Morgan fingerprint density at radius 1 is 0.514 bits per heavy atom. The van der Waals surface area contributed by atoms with E-state index in [1.165, 1.54) is 0 Å². The van der Waals surface area contributed by atoms with Crippen LogP contribution >= 0.6 is 15.6 Å². The van der Waals surface area contributed by atoms with Gasteiger partial charge in [0.05, 0.1) is 0 Å². The van der Waals surface area contributed by atoms with E-state index in [1.54, 1.807) is 18.2 Å². The van der Waals surface area contributed by atoms with Crippen molar-refractivity contribution in [1.29, 1.82) is 0 Å². The first-order chi connectivity index (χ1) is 17.2. The number of phosphoric ester groups is 1. The molecule has 3 rings (SSSR count). The highest BCUT2D eigenvalue weighted by atomic mass is 31.2. The number of benzene rings is 3. The molecule has 0 aliphatic carbocycles. The fraction of sp³-hybridized carbons (Fsp3) is 0.333. The van der Waals surface area contributed by atoms with Crippen LogP contribution in [0.15, 0.2) is 72.8 Å². The minimum absolute atomic E-state index is 0.186. The van der Waals surface area contributed by atoms with E-state index >= 15 is 0 Å². The lowest BCUT2D eigenvalue weighted by Gasteiger charge is -2.24. The lowest BCUT2D eigenvalue weighted by molar-refractivity contribution is 0.275. The smallest absolute Gasteiger partial charge is 0.386 e. The van der Waals surface area contributed by atoms with Crippen molar-refractivity contribution in [3.63, 3.8) is 0 Å². The van der Waals surface area contributed by atoms with Crippen LogP contribution in [0.2, 0.25) is 0 Å². The van der Waals surface area contributed by atoms with E-state index in [4.69, 9.17) is 32.8 Å². The van der Waals surface area contributed by atoms with E-state index in [-0.39, 0.29) is 17.8 Å². The van der Waals surface area contributed by atoms with Crippen molar-refractivity contribution in [3.05, 3.63) is 89.5 Å². The lowest BCUT2D eigenvalue weighted by Crippen LogP contribution is -2.11. The van der Waals surface area contributed by atoms with Crippen LogP contribution in [0.4, 0.5) is 0 Å². The predicted molar refractivity (Wildman–Crippen MR) is 145 cm³/mol. The SMILES string of the molecule is CC(C)c1ccccc1OP(=O)(Oc1ccccc1C(C)C)Oc1ccccc1C(C)C.O=P(O)(O)O. The molecule has 10 heteroatoms. The van der Waals surface area contributed by atoms with Crippen LogP contribution in [0.3, 0.4) is 0 Å². The Balaban J connectivity index is 0.000000877. The standard InChI is InChI=1S/C27H33O4P.H3O4P/c1-19(2)22-13-7-10-16-25(22)29-32(28,30-26-17-11-8-14-23(26)20(3)4)31-27-18-12-9-15-24(27)21(5)6;1-5(2,3)4/h7-21H,1-6H3;(H3,1,2,3,4). The molecule has 0 aliphatic heterocycles. The number of para-hydroxylation sites is 3. The monoisotopic (exact) mass is 550 g/mol. The number of phosphoric acid groups is 2. The molecule has 0 radical (unpaired) electrons. The van der Waals surface area contributed by atoms with E-state index in [2.05, 4.69) is 41.5 Å². The molecule has 37 heavy (non-hydrogen) atoms. The topological polar surface area (TPSA) is 123 Å². The summed E-state index contributed by atoms with van der Waals surface area (Å²) in [5.41, 5.74) is 2.82. The second-order valence-corrected chi connectivity index (χ2v) is 11.8. The quantitative estimate of drug-likeness (QED) is 0.231. The summed E-state index contributed by atoms with van der Waals surface area (Å²) in [6.07, 6.45) is 0. The van der Waals surface area contributed by atoms with Gasteiger partial charge in [0.2, 0.25) is 0 Å². The molecule has 0 unspecified atom stereocenters. The minimum Gasteiger partial charge on any atom is -0.386 e. The van der Waals surface area contributed by atoms with E-state index in [9.17, 15) is 4.57 Å². The van der Waals surface area contributed by atoms with Crippen molar-refractivity contribution in [2.45, 2.75) is 59.3 Å². The van der Waals surface area contributed by atoms with Crippen LogP contribution in [0.25, 0.3) is 0 Å². The largest absolute Gasteiger partial charge is 0.647 e. The Hall–Kier alpha value is -2.60. The molecule has 3 N–H and O–H groups in total. The zero-order valence-corrected chi connectivity index (χ0v) is 23.7. The Morgan fingerprint density at radius 3 is 0.946 bits per heavy atom. The van der Waals surface area contributed by atoms with Crippen molar-refractivity contribution in [2.24, 2.45) is 0 Å². The molecular weight excluding hydrogens is 514 g/mol. The van der Waals surface area contributed by atoms with E-state index < -0.39 is 15.6 Å². The Kier molecular flexibility index (Phi) is 11.0. The molecule has 3 aromatic rings. The Labute approximate surface area is 219 Å². The van der Waals surface area contributed by atoms with Gasteiger partial charge in [0.1, 0.15) is 17.2 Å². The van der Waals surface area contributed by atoms with Crippen molar-refractivity contribution in [1.82, 2.24) is 0 Å². The molecule has 0 amide bonds. The summed E-state index contributed by atoms with van der Waals surface area (Å²) in [4.78, 5) is 21.6. The molecule has 0 saturated carbocycles. The summed E-state index contributed by atoms with van der Waals surface area (Å²) < 4.78 is 41.3. The average molecular weight is 551 g/mol. The number of hydrogen-bond donors (Lipinski definition) is 3. The predicted octanol–water partition coefficient (Wildman–Crippen LogP) is 7.77. The number of rotatable bonds is 9. The summed E-state index contributed by atoms with van der Waals surface area (Å²) in [7, 11) is -8.72. The molecule has 202 valence electrons. The molecule has 0 aromatic heterocycles. The third kappa shape index (κ3) is 9.99. The molecule has 3 aromatic carbocycles. The molecular formula is C27H36O8P2. The third-order valence-electron chi connectivity index (χ3n) is 5.25. The molecule has 0 fully saturated rings. The first-order valence-corrected chi connectivity index (χ1v) is 15.0. The average Bonchev–Trinajstić information content (AvgIpc) is 2.78. The molecule has 8 nitrogen and oxygen atoms in total. The van der Waals surface area contributed by atoms with E-state index in [1.807, 2.05) is 54.6 Å². The van der Waals surface area contributed by atoms with Gasteiger partial charge in [0.25, 0.3) is 0 Å². The lowest BCUT2D eigenvalue weighted by atomic mass is 10.0. The number of hydrogen-bond acceptors (Lipinski definition) is 5. The van der Waals surface area contributed by atoms with Crippen LogP contribution in [0.5, 0.6) is 17.2 Å². The van der Waals surface area contributed by atoms with Crippen LogP contribution in [0, 0.1) is 0 Å². The van der Waals surface area contributed by atoms with Crippen LogP contribution < -0.4 is 13.6 Å². The highest BCUT2D eigenvalue weighted by Gasteiger charge is 2.36. The van der Waals surface area contributed by atoms with Gasteiger partial charge in [-0.05, 0) is 52.6 Å². The van der Waals surface area contributed by atoms with Crippen molar-refractivity contribution < 1.29 is 37.4 Å².